The maximum absolute atomic E-state index is 12.2. The summed E-state index contributed by atoms with van der Waals surface area (Å²) in [5.74, 6) is 0.642. The molecule has 0 aliphatic heterocycles. The number of benzene rings is 2. The third-order valence-electron chi connectivity index (χ3n) is 2.77. The van der Waals surface area contributed by atoms with Crippen molar-refractivity contribution in [3.63, 3.8) is 0 Å². The molecule has 2 rings (SSSR count). The van der Waals surface area contributed by atoms with Crippen molar-refractivity contribution in [3.8, 4) is 5.75 Å². The van der Waals surface area contributed by atoms with Crippen molar-refractivity contribution in [2.24, 2.45) is 0 Å². The van der Waals surface area contributed by atoms with Gasteiger partial charge in [-0.25, -0.2) is 0 Å². The van der Waals surface area contributed by atoms with E-state index in [2.05, 4.69) is 5.32 Å². The quantitative estimate of drug-likeness (QED) is 0.853. The number of rotatable bonds is 4. The molecule has 0 saturated heterocycles. The molecule has 0 fully saturated rings. The van der Waals surface area contributed by atoms with Gasteiger partial charge in [0.15, 0.2) is 0 Å². The molecule has 1 amide bonds. The van der Waals surface area contributed by atoms with Crippen LogP contribution >= 0.6 is 23.2 Å². The Morgan fingerprint density at radius 2 is 1.90 bits per heavy atom. The predicted octanol–water partition coefficient (Wildman–Crippen LogP) is 4.34. The number of methoxy groups -OCH3 is 1. The second-order valence-electron chi connectivity index (χ2n) is 4.13. The standard InChI is InChI=1S/C15H13Cl2NO2/c1-20-14-7-4-11(17)8-13(14)15(19)18-12-5-2-10(9-16)3-6-12/h2-8H,9H2,1H3,(H,18,19). The molecule has 0 saturated carbocycles. The Kier molecular flexibility index (Phi) is 4.88. The minimum Gasteiger partial charge on any atom is -0.496 e. The van der Waals surface area contributed by atoms with Crippen LogP contribution in [0.1, 0.15) is 15.9 Å². The van der Waals surface area contributed by atoms with Crippen molar-refractivity contribution in [2.75, 3.05) is 12.4 Å². The van der Waals surface area contributed by atoms with Gasteiger partial charge in [-0.2, -0.15) is 0 Å². The number of alkyl halides is 1. The Bertz CT molecular complexity index is 612. The van der Waals surface area contributed by atoms with Gasteiger partial charge in [-0.3, -0.25) is 4.79 Å². The molecule has 0 atom stereocenters. The second-order valence-corrected chi connectivity index (χ2v) is 4.83. The SMILES string of the molecule is COc1ccc(Cl)cc1C(=O)Nc1ccc(CCl)cc1. The molecule has 104 valence electrons. The van der Waals surface area contributed by atoms with Gasteiger partial charge in [0.1, 0.15) is 5.75 Å². The molecule has 0 spiro atoms. The van der Waals surface area contributed by atoms with E-state index < -0.39 is 0 Å². The van der Waals surface area contributed by atoms with Crippen LogP contribution in [0.5, 0.6) is 5.75 Å². The molecule has 2 aromatic carbocycles. The summed E-state index contributed by atoms with van der Waals surface area (Å²) in [7, 11) is 1.51. The van der Waals surface area contributed by atoms with Crippen LogP contribution in [0.4, 0.5) is 5.69 Å². The molecule has 2 aromatic rings. The summed E-state index contributed by atoms with van der Waals surface area (Å²) in [5.41, 5.74) is 2.07. The van der Waals surface area contributed by atoms with Crippen molar-refractivity contribution >= 4 is 34.8 Å². The molecular weight excluding hydrogens is 297 g/mol. The molecule has 0 bridgehead atoms. The third kappa shape index (κ3) is 3.44. The zero-order valence-electron chi connectivity index (χ0n) is 10.8. The highest BCUT2D eigenvalue weighted by atomic mass is 35.5. The lowest BCUT2D eigenvalue weighted by molar-refractivity contribution is 0.102. The summed E-state index contributed by atoms with van der Waals surface area (Å²) in [4.78, 5) is 12.2. The minimum atomic E-state index is -0.275. The molecule has 0 unspecified atom stereocenters. The molecule has 0 aliphatic rings. The van der Waals surface area contributed by atoms with Gasteiger partial charge in [0.25, 0.3) is 5.91 Å². The lowest BCUT2D eigenvalue weighted by Gasteiger charge is -2.10. The number of hydrogen-bond donors (Lipinski definition) is 1. The van der Waals surface area contributed by atoms with E-state index in [1.165, 1.54) is 7.11 Å². The first-order valence-electron chi connectivity index (χ1n) is 5.94. The zero-order valence-corrected chi connectivity index (χ0v) is 12.3. The van der Waals surface area contributed by atoms with E-state index in [4.69, 9.17) is 27.9 Å². The third-order valence-corrected chi connectivity index (χ3v) is 3.32. The molecule has 3 nitrogen and oxygen atoms in total. The molecule has 0 heterocycles. The fraction of sp³-hybridized carbons (Fsp3) is 0.133. The number of anilines is 1. The number of carbonyl (C=O) groups is 1. The summed E-state index contributed by atoms with van der Waals surface area (Å²) < 4.78 is 5.16. The van der Waals surface area contributed by atoms with Crippen LogP contribution in [0.25, 0.3) is 0 Å². The number of nitrogens with one attached hydrogen (secondary N) is 1. The van der Waals surface area contributed by atoms with Crippen molar-refractivity contribution in [1.82, 2.24) is 0 Å². The number of halogens is 2. The van der Waals surface area contributed by atoms with Crippen LogP contribution in [-0.4, -0.2) is 13.0 Å². The average Bonchev–Trinajstić information content (AvgIpc) is 2.48. The monoisotopic (exact) mass is 309 g/mol. The Morgan fingerprint density at radius 1 is 1.20 bits per heavy atom. The Labute approximate surface area is 127 Å². The van der Waals surface area contributed by atoms with E-state index in [0.717, 1.165) is 5.56 Å². The van der Waals surface area contributed by atoms with Crippen LogP contribution in [0, 0.1) is 0 Å². The van der Waals surface area contributed by atoms with Crippen molar-refractivity contribution in [1.29, 1.82) is 0 Å². The minimum absolute atomic E-state index is 0.275. The first kappa shape index (κ1) is 14.7. The summed E-state index contributed by atoms with van der Waals surface area (Å²) in [6, 6.07) is 12.2. The number of amides is 1. The molecule has 0 aromatic heterocycles. The highest BCUT2D eigenvalue weighted by Gasteiger charge is 2.13. The van der Waals surface area contributed by atoms with Gasteiger partial charge in [0, 0.05) is 16.6 Å². The Hall–Kier alpha value is -1.71. The molecule has 1 N–H and O–H groups in total. The van der Waals surface area contributed by atoms with Gasteiger partial charge in [-0.05, 0) is 35.9 Å². The molecular formula is C15H13Cl2NO2. The summed E-state index contributed by atoms with van der Waals surface area (Å²) in [6.45, 7) is 0. The molecule has 5 heteroatoms. The van der Waals surface area contributed by atoms with Gasteiger partial charge in [0.2, 0.25) is 0 Å². The highest BCUT2D eigenvalue weighted by molar-refractivity contribution is 6.31. The van der Waals surface area contributed by atoms with E-state index in [0.29, 0.717) is 27.9 Å². The number of ether oxygens (including phenoxy) is 1. The maximum Gasteiger partial charge on any atom is 0.259 e. The molecule has 0 aliphatic carbocycles. The lowest BCUT2D eigenvalue weighted by Crippen LogP contribution is -2.13. The van der Waals surface area contributed by atoms with Crippen molar-refractivity contribution in [3.05, 3.63) is 58.6 Å². The largest absolute Gasteiger partial charge is 0.496 e. The van der Waals surface area contributed by atoms with Crippen LogP contribution in [0.3, 0.4) is 0 Å². The summed E-state index contributed by atoms with van der Waals surface area (Å²) in [5, 5.41) is 3.27. The van der Waals surface area contributed by atoms with E-state index in [9.17, 15) is 4.79 Å². The lowest BCUT2D eigenvalue weighted by atomic mass is 10.1. The second kappa shape index (κ2) is 6.64. The van der Waals surface area contributed by atoms with Gasteiger partial charge < -0.3 is 10.1 Å². The van der Waals surface area contributed by atoms with Gasteiger partial charge >= 0.3 is 0 Å². The summed E-state index contributed by atoms with van der Waals surface area (Å²) >= 11 is 11.6. The van der Waals surface area contributed by atoms with Crippen LogP contribution < -0.4 is 10.1 Å². The van der Waals surface area contributed by atoms with Gasteiger partial charge in [0.05, 0.1) is 12.7 Å². The number of hydrogen-bond acceptors (Lipinski definition) is 2. The smallest absolute Gasteiger partial charge is 0.259 e. The molecule has 0 radical (unpaired) electrons. The van der Waals surface area contributed by atoms with Crippen molar-refractivity contribution < 1.29 is 9.53 Å². The number of carbonyl (C=O) groups excluding carboxylic acids is 1. The first-order valence-corrected chi connectivity index (χ1v) is 6.85. The van der Waals surface area contributed by atoms with E-state index in [1.807, 2.05) is 12.1 Å². The maximum atomic E-state index is 12.2. The zero-order chi connectivity index (χ0) is 14.5. The van der Waals surface area contributed by atoms with Crippen LogP contribution in [-0.2, 0) is 5.88 Å². The van der Waals surface area contributed by atoms with Gasteiger partial charge in [-0.15, -0.1) is 11.6 Å². The molecule has 20 heavy (non-hydrogen) atoms. The topological polar surface area (TPSA) is 38.3 Å². The predicted molar refractivity (Wildman–Crippen MR) is 82.0 cm³/mol. The van der Waals surface area contributed by atoms with Crippen molar-refractivity contribution in [2.45, 2.75) is 5.88 Å². The van der Waals surface area contributed by atoms with E-state index in [-0.39, 0.29) is 5.91 Å². The average molecular weight is 310 g/mol. The summed E-state index contributed by atoms with van der Waals surface area (Å²) in [6.07, 6.45) is 0. The van der Waals surface area contributed by atoms with E-state index >= 15 is 0 Å². The Morgan fingerprint density at radius 3 is 2.50 bits per heavy atom. The van der Waals surface area contributed by atoms with Gasteiger partial charge in [-0.1, -0.05) is 23.7 Å². The van der Waals surface area contributed by atoms with Crippen LogP contribution in [0.2, 0.25) is 5.02 Å². The fourth-order valence-electron chi connectivity index (χ4n) is 1.73. The first-order chi connectivity index (χ1) is 9.63. The Balaban J connectivity index is 2.20. The fourth-order valence-corrected chi connectivity index (χ4v) is 2.08. The van der Waals surface area contributed by atoms with E-state index in [1.54, 1.807) is 30.3 Å². The highest BCUT2D eigenvalue weighted by Crippen LogP contribution is 2.23. The van der Waals surface area contributed by atoms with Crippen LogP contribution in [0.15, 0.2) is 42.5 Å². The normalized spacial score (nSPS) is 10.2.